The van der Waals surface area contributed by atoms with Crippen molar-refractivity contribution in [3.05, 3.63) is 81.4 Å². The summed E-state index contributed by atoms with van der Waals surface area (Å²) in [5.41, 5.74) is 10.7. The molecule has 0 atom stereocenters. The molecule has 0 saturated heterocycles. The highest BCUT2D eigenvalue weighted by molar-refractivity contribution is 6.06. The quantitative estimate of drug-likeness (QED) is 0.423. The van der Waals surface area contributed by atoms with E-state index in [0.29, 0.717) is 5.89 Å². The van der Waals surface area contributed by atoms with Gasteiger partial charge in [-0.25, -0.2) is 4.98 Å². The molecule has 152 valence electrons. The smallest absolute Gasteiger partial charge is 0.256 e. The second-order valence-corrected chi connectivity index (χ2v) is 8.04. The molecule has 1 N–H and O–H groups in total. The number of aryl methyl sites for hydroxylation is 4. The lowest BCUT2D eigenvalue weighted by molar-refractivity contribution is 0.102. The molecule has 1 amide bonds. The van der Waals surface area contributed by atoms with Gasteiger partial charge in [0.1, 0.15) is 5.52 Å². The van der Waals surface area contributed by atoms with Gasteiger partial charge in [0.15, 0.2) is 5.58 Å². The average molecular weight is 399 g/mol. The van der Waals surface area contributed by atoms with E-state index in [9.17, 15) is 4.79 Å². The van der Waals surface area contributed by atoms with Gasteiger partial charge in [-0.1, -0.05) is 12.1 Å². The maximum Gasteiger partial charge on any atom is 0.256 e. The second-order valence-electron chi connectivity index (χ2n) is 8.04. The molecule has 3 aromatic carbocycles. The molecule has 0 spiro atoms. The highest BCUT2D eigenvalue weighted by Gasteiger charge is 2.16. The highest BCUT2D eigenvalue weighted by atomic mass is 16.3. The first-order valence-corrected chi connectivity index (χ1v) is 10.1. The summed E-state index contributed by atoms with van der Waals surface area (Å²) < 4.78 is 5.94. The summed E-state index contributed by atoms with van der Waals surface area (Å²) in [5, 5.41) is 3.02. The van der Waals surface area contributed by atoms with Crippen molar-refractivity contribution in [1.82, 2.24) is 4.98 Å². The van der Waals surface area contributed by atoms with Gasteiger partial charge in [-0.15, -0.1) is 0 Å². The molecule has 4 rings (SSSR count). The van der Waals surface area contributed by atoms with Gasteiger partial charge >= 0.3 is 0 Å². The summed E-state index contributed by atoms with van der Waals surface area (Å²) in [7, 11) is 0. The molecule has 4 aromatic rings. The van der Waals surface area contributed by atoms with Gasteiger partial charge in [-0.3, -0.25) is 4.79 Å². The monoisotopic (exact) mass is 398 g/mol. The lowest BCUT2D eigenvalue weighted by Crippen LogP contribution is -2.16. The Morgan fingerprint density at radius 3 is 2.20 bits per heavy atom. The fourth-order valence-electron chi connectivity index (χ4n) is 3.87. The summed E-state index contributed by atoms with van der Waals surface area (Å²) in [5.74, 6) is 0.492. The van der Waals surface area contributed by atoms with Crippen LogP contribution in [0.4, 0.5) is 5.69 Å². The van der Waals surface area contributed by atoms with Crippen molar-refractivity contribution < 1.29 is 9.21 Å². The van der Waals surface area contributed by atoms with Crippen LogP contribution in [0.15, 0.2) is 46.9 Å². The van der Waals surface area contributed by atoms with Crippen molar-refractivity contribution >= 4 is 22.7 Å². The third-order valence-corrected chi connectivity index (χ3v) is 6.06. The van der Waals surface area contributed by atoms with E-state index in [4.69, 9.17) is 4.42 Å². The Balaban J connectivity index is 1.60. The van der Waals surface area contributed by atoms with Gasteiger partial charge < -0.3 is 9.73 Å². The van der Waals surface area contributed by atoms with Crippen LogP contribution in [0, 0.1) is 41.5 Å². The van der Waals surface area contributed by atoms with Gasteiger partial charge in [-0.2, -0.15) is 0 Å². The van der Waals surface area contributed by atoms with E-state index >= 15 is 0 Å². The summed E-state index contributed by atoms with van der Waals surface area (Å²) in [6.45, 7) is 12.2. The van der Waals surface area contributed by atoms with Crippen molar-refractivity contribution in [3.63, 3.8) is 0 Å². The number of hydrogen-bond donors (Lipinski definition) is 1. The summed E-state index contributed by atoms with van der Waals surface area (Å²) >= 11 is 0. The van der Waals surface area contributed by atoms with Crippen LogP contribution in [-0.2, 0) is 0 Å². The van der Waals surface area contributed by atoms with E-state index in [0.717, 1.165) is 50.2 Å². The fraction of sp³-hybridized carbons (Fsp3) is 0.231. The SMILES string of the molecule is Cc1cc(C)c(C(=O)Nc2ccc(-c3nc4c(C)c(C)ccc4o3)cc2)c(C)c1C. The first kappa shape index (κ1) is 19.9. The van der Waals surface area contributed by atoms with Crippen LogP contribution < -0.4 is 5.32 Å². The molecule has 0 saturated carbocycles. The zero-order valence-corrected chi connectivity index (χ0v) is 18.3. The zero-order chi connectivity index (χ0) is 21.6. The number of carbonyl (C=O) groups excluding carboxylic acids is 1. The van der Waals surface area contributed by atoms with E-state index < -0.39 is 0 Å². The Morgan fingerprint density at radius 1 is 0.800 bits per heavy atom. The molecule has 4 heteroatoms. The van der Waals surface area contributed by atoms with E-state index in [1.54, 1.807) is 0 Å². The Bertz CT molecular complexity index is 1280. The third kappa shape index (κ3) is 3.39. The number of amides is 1. The number of benzene rings is 3. The Labute approximate surface area is 177 Å². The summed E-state index contributed by atoms with van der Waals surface area (Å²) in [4.78, 5) is 17.6. The Hall–Kier alpha value is -3.40. The largest absolute Gasteiger partial charge is 0.436 e. The fourth-order valence-corrected chi connectivity index (χ4v) is 3.87. The third-order valence-electron chi connectivity index (χ3n) is 6.06. The van der Waals surface area contributed by atoms with Gasteiger partial charge in [-0.05, 0) is 105 Å². The van der Waals surface area contributed by atoms with E-state index in [1.807, 2.05) is 50.2 Å². The Morgan fingerprint density at radius 2 is 1.50 bits per heavy atom. The number of aromatic nitrogens is 1. The van der Waals surface area contributed by atoms with Crippen LogP contribution in [0.1, 0.15) is 43.7 Å². The van der Waals surface area contributed by atoms with Gasteiger partial charge in [0, 0.05) is 16.8 Å². The molecule has 0 aliphatic carbocycles. The first-order valence-electron chi connectivity index (χ1n) is 10.1. The van der Waals surface area contributed by atoms with Crippen molar-refractivity contribution in [3.8, 4) is 11.5 Å². The van der Waals surface area contributed by atoms with Crippen LogP contribution >= 0.6 is 0 Å². The highest BCUT2D eigenvalue weighted by Crippen LogP contribution is 2.29. The zero-order valence-electron chi connectivity index (χ0n) is 18.3. The topological polar surface area (TPSA) is 55.1 Å². The van der Waals surface area contributed by atoms with Gasteiger partial charge in [0.2, 0.25) is 5.89 Å². The van der Waals surface area contributed by atoms with Crippen molar-refractivity contribution in [1.29, 1.82) is 0 Å². The van der Waals surface area contributed by atoms with Crippen LogP contribution in [-0.4, -0.2) is 10.9 Å². The number of oxazole rings is 1. The molecule has 0 fully saturated rings. The molecule has 0 bridgehead atoms. The molecule has 4 nitrogen and oxygen atoms in total. The van der Waals surface area contributed by atoms with Gasteiger partial charge in [0.25, 0.3) is 5.91 Å². The molecule has 0 aliphatic rings. The summed E-state index contributed by atoms with van der Waals surface area (Å²) in [6.07, 6.45) is 0. The number of rotatable bonds is 3. The molecule has 1 heterocycles. The molecule has 1 aromatic heterocycles. The number of carbonyl (C=O) groups is 1. The average Bonchev–Trinajstić information content (AvgIpc) is 3.15. The Kier molecular flexibility index (Phi) is 4.94. The molecular weight excluding hydrogens is 372 g/mol. The predicted octanol–water partition coefficient (Wildman–Crippen LogP) is 6.60. The van der Waals surface area contributed by atoms with Crippen molar-refractivity contribution in [2.45, 2.75) is 41.5 Å². The molecule has 0 unspecified atom stereocenters. The van der Waals surface area contributed by atoms with E-state index in [1.165, 1.54) is 11.1 Å². The summed E-state index contributed by atoms with van der Waals surface area (Å²) in [6, 6.07) is 13.7. The van der Waals surface area contributed by atoms with Gasteiger partial charge in [0.05, 0.1) is 0 Å². The van der Waals surface area contributed by atoms with Crippen LogP contribution in [0.2, 0.25) is 0 Å². The normalized spacial score (nSPS) is 11.1. The van der Waals surface area contributed by atoms with Crippen molar-refractivity contribution in [2.24, 2.45) is 0 Å². The number of fused-ring (bicyclic) bond motifs is 1. The lowest BCUT2D eigenvalue weighted by atomic mass is 9.94. The predicted molar refractivity (Wildman–Crippen MR) is 122 cm³/mol. The lowest BCUT2D eigenvalue weighted by Gasteiger charge is -2.15. The molecule has 30 heavy (non-hydrogen) atoms. The minimum Gasteiger partial charge on any atom is -0.436 e. The molecular formula is C26H26N2O2. The number of hydrogen-bond acceptors (Lipinski definition) is 3. The number of nitrogens with one attached hydrogen (secondary N) is 1. The minimum absolute atomic E-state index is 0.0891. The second kappa shape index (κ2) is 7.45. The van der Waals surface area contributed by atoms with E-state index in [-0.39, 0.29) is 5.91 Å². The molecule has 0 radical (unpaired) electrons. The van der Waals surface area contributed by atoms with Crippen LogP contribution in [0.5, 0.6) is 0 Å². The van der Waals surface area contributed by atoms with E-state index in [2.05, 4.69) is 44.1 Å². The van der Waals surface area contributed by atoms with Crippen LogP contribution in [0.3, 0.4) is 0 Å². The minimum atomic E-state index is -0.0891. The number of anilines is 1. The molecule has 0 aliphatic heterocycles. The number of nitrogens with zero attached hydrogens (tertiary/aromatic N) is 1. The maximum absolute atomic E-state index is 12.9. The standard InChI is InChI=1S/C26H26N2O2/c1-14-7-12-22-24(18(14)5)28-26(30-22)20-8-10-21(11-9-20)27-25(29)23-16(3)13-15(2)17(4)19(23)6/h7-13H,1-6H3,(H,27,29). The van der Waals surface area contributed by atoms with Crippen molar-refractivity contribution in [2.75, 3.05) is 5.32 Å². The maximum atomic E-state index is 12.9. The van der Waals surface area contributed by atoms with Crippen LogP contribution in [0.25, 0.3) is 22.6 Å². The first-order chi connectivity index (χ1) is 14.3.